The molecule has 198 valence electrons. The summed E-state index contributed by atoms with van der Waals surface area (Å²) in [4.78, 5) is 32.2. The minimum atomic E-state index is -0.857. The van der Waals surface area contributed by atoms with Gasteiger partial charge in [-0.05, 0) is 41.8 Å². The smallest absolute Gasteiger partial charge is 0.301 e. The number of Topliss-reactive ketones (excluding diaryl/α,β-unsaturated/α-hetero) is 1. The number of benzene rings is 3. The maximum Gasteiger partial charge on any atom is 0.301 e. The molecule has 8 heteroatoms. The standard InChI is InChI=1S/C31H28N2O5S/c1-2-3-17-37-25-11-7-10-23(19-25)28(34)26-27(33(30(36)29(26)35)31-32-16-18-39-31)22-12-14-24(15-13-22)38-20-21-8-5-4-6-9-21/h4-16,18-19,27,34H,2-3,17,20H2,1H3/b28-26+. The Morgan fingerprint density at radius 3 is 2.49 bits per heavy atom. The van der Waals surface area contributed by atoms with Crippen LogP contribution in [0, 0.1) is 0 Å². The summed E-state index contributed by atoms with van der Waals surface area (Å²) in [6, 6.07) is 23.1. The van der Waals surface area contributed by atoms with Crippen molar-refractivity contribution in [2.24, 2.45) is 0 Å². The quantitative estimate of drug-likeness (QED) is 0.107. The fourth-order valence-corrected chi connectivity index (χ4v) is 5.06. The number of hydrogen-bond donors (Lipinski definition) is 1. The van der Waals surface area contributed by atoms with Gasteiger partial charge in [-0.3, -0.25) is 14.5 Å². The summed E-state index contributed by atoms with van der Waals surface area (Å²) in [5.41, 5.74) is 2.08. The van der Waals surface area contributed by atoms with Crippen LogP contribution in [0.2, 0.25) is 0 Å². The van der Waals surface area contributed by atoms with Crippen molar-refractivity contribution in [3.05, 3.63) is 113 Å². The van der Waals surface area contributed by atoms with Crippen molar-refractivity contribution in [1.29, 1.82) is 0 Å². The monoisotopic (exact) mass is 540 g/mol. The predicted octanol–water partition coefficient (Wildman–Crippen LogP) is 6.53. The third-order valence-electron chi connectivity index (χ3n) is 6.39. The first kappa shape index (κ1) is 26.2. The summed E-state index contributed by atoms with van der Waals surface area (Å²) < 4.78 is 11.7. The molecule has 1 aliphatic rings. The van der Waals surface area contributed by atoms with Crippen LogP contribution < -0.4 is 14.4 Å². The molecule has 7 nitrogen and oxygen atoms in total. The zero-order chi connectivity index (χ0) is 27.2. The summed E-state index contributed by atoms with van der Waals surface area (Å²) in [6.07, 6.45) is 3.48. The summed E-state index contributed by atoms with van der Waals surface area (Å²) in [5, 5.41) is 13.5. The normalized spacial score (nSPS) is 16.4. The van der Waals surface area contributed by atoms with Gasteiger partial charge in [0.2, 0.25) is 0 Å². The number of anilines is 1. The summed E-state index contributed by atoms with van der Waals surface area (Å²) in [5.74, 6) is -0.544. The number of aliphatic hydroxyl groups is 1. The molecule has 0 saturated carbocycles. The van der Waals surface area contributed by atoms with Gasteiger partial charge in [-0.25, -0.2) is 4.98 Å². The van der Waals surface area contributed by atoms with Gasteiger partial charge < -0.3 is 14.6 Å². The number of carbonyl (C=O) groups excluding carboxylic acids is 2. The summed E-state index contributed by atoms with van der Waals surface area (Å²) in [7, 11) is 0. The van der Waals surface area contributed by atoms with Crippen molar-refractivity contribution in [3.8, 4) is 11.5 Å². The Bertz CT molecular complexity index is 1470. The number of ether oxygens (including phenoxy) is 2. The molecule has 1 aliphatic heterocycles. The lowest BCUT2D eigenvalue weighted by Gasteiger charge is -2.23. The van der Waals surface area contributed by atoms with E-state index < -0.39 is 17.7 Å². The highest BCUT2D eigenvalue weighted by Gasteiger charge is 2.48. The lowest BCUT2D eigenvalue weighted by atomic mass is 9.95. The molecule has 2 heterocycles. The van der Waals surface area contributed by atoms with E-state index in [1.54, 1.807) is 60.1 Å². The van der Waals surface area contributed by atoms with Gasteiger partial charge in [0.05, 0.1) is 18.2 Å². The number of nitrogens with zero attached hydrogens (tertiary/aromatic N) is 2. The van der Waals surface area contributed by atoms with E-state index >= 15 is 0 Å². The molecule has 3 aromatic carbocycles. The maximum atomic E-state index is 13.3. The van der Waals surface area contributed by atoms with Crippen molar-refractivity contribution >= 4 is 33.9 Å². The molecule has 1 saturated heterocycles. The fraction of sp³-hybridized carbons (Fsp3) is 0.194. The van der Waals surface area contributed by atoms with Crippen LogP contribution in [0.4, 0.5) is 5.13 Å². The Morgan fingerprint density at radius 2 is 1.77 bits per heavy atom. The average Bonchev–Trinajstić information content (AvgIpc) is 3.59. The summed E-state index contributed by atoms with van der Waals surface area (Å²) >= 11 is 1.25. The molecule has 1 N–H and O–H groups in total. The van der Waals surface area contributed by atoms with Crippen LogP contribution in [0.1, 0.15) is 42.5 Å². The lowest BCUT2D eigenvalue weighted by Crippen LogP contribution is -2.29. The van der Waals surface area contributed by atoms with Crippen LogP contribution >= 0.6 is 11.3 Å². The van der Waals surface area contributed by atoms with Gasteiger partial charge in [0.25, 0.3) is 5.78 Å². The fourth-order valence-electron chi connectivity index (χ4n) is 4.39. The van der Waals surface area contributed by atoms with Crippen LogP contribution in [0.3, 0.4) is 0 Å². The van der Waals surface area contributed by atoms with Gasteiger partial charge in [-0.2, -0.15) is 0 Å². The number of rotatable bonds is 10. The Kier molecular flexibility index (Phi) is 8.03. The van der Waals surface area contributed by atoms with E-state index in [1.807, 2.05) is 30.3 Å². The highest BCUT2D eigenvalue weighted by atomic mass is 32.1. The minimum Gasteiger partial charge on any atom is -0.507 e. The largest absolute Gasteiger partial charge is 0.507 e. The van der Waals surface area contributed by atoms with E-state index in [0.717, 1.165) is 18.4 Å². The second-order valence-corrected chi connectivity index (χ2v) is 9.93. The molecular weight excluding hydrogens is 512 g/mol. The molecule has 0 bridgehead atoms. The van der Waals surface area contributed by atoms with Crippen molar-refractivity contribution in [2.45, 2.75) is 32.4 Å². The molecule has 1 fully saturated rings. The predicted molar refractivity (Wildman–Crippen MR) is 151 cm³/mol. The third-order valence-corrected chi connectivity index (χ3v) is 7.16. The molecule has 1 atom stereocenters. The first-order valence-electron chi connectivity index (χ1n) is 12.8. The molecule has 0 spiro atoms. The zero-order valence-corrected chi connectivity index (χ0v) is 22.3. The number of aromatic nitrogens is 1. The van der Waals surface area contributed by atoms with Gasteiger partial charge in [0, 0.05) is 17.1 Å². The van der Waals surface area contributed by atoms with E-state index in [1.165, 1.54) is 16.2 Å². The van der Waals surface area contributed by atoms with Gasteiger partial charge in [0.15, 0.2) is 5.13 Å². The van der Waals surface area contributed by atoms with E-state index in [-0.39, 0.29) is 11.3 Å². The topological polar surface area (TPSA) is 89.0 Å². The maximum absolute atomic E-state index is 13.3. The van der Waals surface area contributed by atoms with Crippen LogP contribution in [-0.2, 0) is 16.2 Å². The van der Waals surface area contributed by atoms with Crippen LogP contribution in [-0.4, -0.2) is 28.4 Å². The molecule has 4 aromatic rings. The first-order valence-corrected chi connectivity index (χ1v) is 13.6. The molecular formula is C31H28N2O5S. The number of unbranched alkanes of at least 4 members (excludes halogenated alkanes) is 1. The minimum absolute atomic E-state index is 0.00105. The number of carbonyl (C=O) groups is 2. The Labute approximate surface area is 231 Å². The highest BCUT2D eigenvalue weighted by Crippen LogP contribution is 2.43. The molecule has 0 radical (unpaired) electrons. The summed E-state index contributed by atoms with van der Waals surface area (Å²) in [6.45, 7) is 3.04. The number of ketones is 1. The van der Waals surface area contributed by atoms with E-state index in [2.05, 4.69) is 11.9 Å². The Balaban J connectivity index is 1.50. The molecule has 39 heavy (non-hydrogen) atoms. The Morgan fingerprint density at radius 1 is 0.974 bits per heavy atom. The molecule has 5 rings (SSSR count). The van der Waals surface area contributed by atoms with E-state index in [9.17, 15) is 14.7 Å². The Hall–Kier alpha value is -4.43. The van der Waals surface area contributed by atoms with Crippen LogP contribution in [0.25, 0.3) is 5.76 Å². The van der Waals surface area contributed by atoms with Gasteiger partial charge in [-0.15, -0.1) is 11.3 Å². The van der Waals surface area contributed by atoms with Crippen LogP contribution in [0.5, 0.6) is 11.5 Å². The average molecular weight is 541 g/mol. The zero-order valence-electron chi connectivity index (χ0n) is 21.4. The SMILES string of the molecule is CCCCOc1cccc(/C(O)=C2\C(=O)C(=O)N(c3nccs3)C2c2ccc(OCc3ccccc3)cc2)c1. The number of amides is 1. The molecule has 0 aliphatic carbocycles. The van der Waals surface area contributed by atoms with Gasteiger partial charge in [0.1, 0.15) is 23.9 Å². The number of hydrogen-bond acceptors (Lipinski definition) is 7. The van der Waals surface area contributed by atoms with Crippen molar-refractivity contribution in [3.63, 3.8) is 0 Å². The van der Waals surface area contributed by atoms with Gasteiger partial charge in [-0.1, -0.05) is 67.9 Å². The number of thiazole rings is 1. The van der Waals surface area contributed by atoms with E-state index in [0.29, 0.717) is 41.0 Å². The van der Waals surface area contributed by atoms with E-state index in [4.69, 9.17) is 9.47 Å². The second kappa shape index (κ2) is 12.0. The van der Waals surface area contributed by atoms with Crippen molar-refractivity contribution in [1.82, 2.24) is 4.98 Å². The van der Waals surface area contributed by atoms with Crippen molar-refractivity contribution in [2.75, 3.05) is 11.5 Å². The van der Waals surface area contributed by atoms with Crippen LogP contribution in [0.15, 0.2) is 96.0 Å². The molecule has 1 unspecified atom stereocenters. The van der Waals surface area contributed by atoms with Gasteiger partial charge >= 0.3 is 5.91 Å². The second-order valence-electron chi connectivity index (χ2n) is 9.06. The highest BCUT2D eigenvalue weighted by molar-refractivity contribution is 7.14. The number of aliphatic hydroxyl groups excluding tert-OH is 1. The lowest BCUT2D eigenvalue weighted by molar-refractivity contribution is -0.132. The molecule has 1 amide bonds. The first-order chi connectivity index (χ1) is 19.1. The third kappa shape index (κ3) is 5.71. The van der Waals surface area contributed by atoms with Crippen molar-refractivity contribution < 1.29 is 24.2 Å². The molecule has 1 aromatic heterocycles.